The minimum absolute atomic E-state index is 0.429. The maximum absolute atomic E-state index is 5.97. The minimum Gasteiger partial charge on any atom is -0.468 e. The molecule has 2 rings (SSSR count). The van der Waals surface area contributed by atoms with Gasteiger partial charge >= 0.3 is 0 Å². The number of rotatable bonds is 5. The van der Waals surface area contributed by atoms with Gasteiger partial charge in [0.15, 0.2) is 0 Å². The Morgan fingerprint density at radius 2 is 2.12 bits per heavy atom. The van der Waals surface area contributed by atoms with Gasteiger partial charge in [-0.2, -0.15) is 0 Å². The first kappa shape index (κ1) is 12.7. The molecule has 1 fully saturated rings. The van der Waals surface area contributed by atoms with Gasteiger partial charge in [-0.05, 0) is 50.8 Å². The van der Waals surface area contributed by atoms with Crippen LogP contribution in [0.2, 0.25) is 0 Å². The van der Waals surface area contributed by atoms with Gasteiger partial charge in [0, 0.05) is 12.1 Å². The summed E-state index contributed by atoms with van der Waals surface area (Å²) in [7, 11) is 0. The lowest BCUT2D eigenvalue weighted by atomic mass is 9.90. The molecule has 0 saturated heterocycles. The van der Waals surface area contributed by atoms with E-state index in [2.05, 4.69) is 17.9 Å². The Hall–Kier alpha value is -0.800. The van der Waals surface area contributed by atoms with Crippen molar-refractivity contribution in [1.29, 1.82) is 0 Å². The molecule has 1 aromatic heterocycles. The Bertz CT molecular complexity index is 302. The summed E-state index contributed by atoms with van der Waals surface area (Å²) >= 11 is 0. The number of hydrogen-bond donors (Lipinski definition) is 1. The molecular weight excluding hydrogens is 212 g/mol. The topological polar surface area (TPSA) is 42.4 Å². The molecule has 0 atom stereocenters. The van der Waals surface area contributed by atoms with E-state index < -0.39 is 0 Å². The highest BCUT2D eigenvalue weighted by atomic mass is 16.3. The van der Waals surface area contributed by atoms with Crippen LogP contribution < -0.4 is 5.73 Å². The largest absolute Gasteiger partial charge is 0.468 e. The summed E-state index contributed by atoms with van der Waals surface area (Å²) in [5.41, 5.74) is 5.97. The van der Waals surface area contributed by atoms with Crippen LogP contribution in [0.1, 0.15) is 44.8 Å². The zero-order valence-electron chi connectivity index (χ0n) is 10.8. The van der Waals surface area contributed by atoms with Crippen molar-refractivity contribution >= 4 is 0 Å². The summed E-state index contributed by atoms with van der Waals surface area (Å²) in [6.07, 6.45) is 7.77. The smallest absolute Gasteiger partial charge is 0.117 e. The fourth-order valence-electron chi connectivity index (χ4n) is 2.75. The number of furan rings is 1. The van der Waals surface area contributed by atoms with Crippen LogP contribution in [0.5, 0.6) is 0 Å². The van der Waals surface area contributed by atoms with E-state index in [1.807, 2.05) is 6.07 Å². The second-order valence-electron chi connectivity index (χ2n) is 5.12. The zero-order valence-corrected chi connectivity index (χ0v) is 10.8. The highest BCUT2D eigenvalue weighted by Crippen LogP contribution is 2.23. The predicted octanol–water partition coefficient (Wildman–Crippen LogP) is 2.76. The molecule has 3 nitrogen and oxygen atoms in total. The van der Waals surface area contributed by atoms with E-state index in [0.29, 0.717) is 12.1 Å². The van der Waals surface area contributed by atoms with Crippen molar-refractivity contribution in [2.45, 2.75) is 57.7 Å². The summed E-state index contributed by atoms with van der Waals surface area (Å²) in [4.78, 5) is 2.56. The quantitative estimate of drug-likeness (QED) is 0.854. The van der Waals surface area contributed by atoms with Crippen LogP contribution in [0.15, 0.2) is 22.8 Å². The van der Waals surface area contributed by atoms with E-state index >= 15 is 0 Å². The van der Waals surface area contributed by atoms with Crippen molar-refractivity contribution in [3.05, 3.63) is 24.2 Å². The molecule has 3 heteroatoms. The Balaban J connectivity index is 1.92. The van der Waals surface area contributed by atoms with Gasteiger partial charge in [-0.25, -0.2) is 0 Å². The van der Waals surface area contributed by atoms with Gasteiger partial charge in [0.25, 0.3) is 0 Å². The molecule has 17 heavy (non-hydrogen) atoms. The van der Waals surface area contributed by atoms with Crippen LogP contribution in [0.25, 0.3) is 0 Å². The van der Waals surface area contributed by atoms with Crippen molar-refractivity contribution in [1.82, 2.24) is 4.90 Å². The van der Waals surface area contributed by atoms with Crippen LogP contribution in [-0.4, -0.2) is 23.5 Å². The molecule has 1 aromatic rings. The highest BCUT2D eigenvalue weighted by molar-refractivity contribution is 4.98. The van der Waals surface area contributed by atoms with Crippen molar-refractivity contribution < 1.29 is 4.42 Å². The number of hydrogen-bond acceptors (Lipinski definition) is 3. The summed E-state index contributed by atoms with van der Waals surface area (Å²) in [5, 5.41) is 0. The minimum atomic E-state index is 0.429. The van der Waals surface area contributed by atoms with Gasteiger partial charge in [-0.1, -0.05) is 6.92 Å². The van der Waals surface area contributed by atoms with Crippen LogP contribution in [0.4, 0.5) is 0 Å². The molecule has 96 valence electrons. The number of nitrogens with zero attached hydrogens (tertiary/aromatic N) is 1. The molecule has 0 amide bonds. The molecule has 0 bridgehead atoms. The van der Waals surface area contributed by atoms with Gasteiger partial charge in [0.05, 0.1) is 12.8 Å². The second-order valence-corrected chi connectivity index (χ2v) is 5.12. The average molecular weight is 236 g/mol. The van der Waals surface area contributed by atoms with E-state index in [4.69, 9.17) is 10.2 Å². The van der Waals surface area contributed by atoms with Crippen LogP contribution in [0.3, 0.4) is 0 Å². The Morgan fingerprint density at radius 1 is 1.35 bits per heavy atom. The summed E-state index contributed by atoms with van der Waals surface area (Å²) in [5.74, 6) is 1.08. The fraction of sp³-hybridized carbons (Fsp3) is 0.714. The van der Waals surface area contributed by atoms with Gasteiger partial charge in [0.2, 0.25) is 0 Å². The van der Waals surface area contributed by atoms with Gasteiger partial charge < -0.3 is 10.2 Å². The molecule has 1 aliphatic carbocycles. The van der Waals surface area contributed by atoms with Crippen molar-refractivity contribution in [3.63, 3.8) is 0 Å². The molecule has 0 radical (unpaired) electrons. The summed E-state index contributed by atoms with van der Waals surface area (Å²) in [6.45, 7) is 4.34. The predicted molar refractivity (Wildman–Crippen MR) is 69.6 cm³/mol. The standard InChI is InChI=1S/C14H24N2O/c1-2-9-16(11-14-4-3-10-17-14)13-7-5-12(15)6-8-13/h3-4,10,12-13H,2,5-9,11,15H2,1H3. The number of nitrogens with two attached hydrogens (primary N) is 1. The van der Waals surface area contributed by atoms with Crippen LogP contribution in [-0.2, 0) is 6.54 Å². The lowest BCUT2D eigenvalue weighted by Crippen LogP contribution is -2.40. The molecule has 0 aliphatic heterocycles. The Kier molecular flexibility index (Phi) is 4.63. The first-order valence-corrected chi connectivity index (χ1v) is 6.81. The van der Waals surface area contributed by atoms with E-state index in [9.17, 15) is 0 Å². The van der Waals surface area contributed by atoms with Gasteiger partial charge in [-0.15, -0.1) is 0 Å². The zero-order chi connectivity index (χ0) is 12.1. The highest BCUT2D eigenvalue weighted by Gasteiger charge is 2.24. The van der Waals surface area contributed by atoms with Gasteiger partial charge in [0.1, 0.15) is 5.76 Å². The molecule has 0 unspecified atom stereocenters. The summed E-state index contributed by atoms with van der Waals surface area (Å²) in [6, 6.07) is 5.16. The van der Waals surface area contributed by atoms with Crippen LogP contribution >= 0.6 is 0 Å². The molecule has 0 spiro atoms. The maximum Gasteiger partial charge on any atom is 0.117 e. The van der Waals surface area contributed by atoms with E-state index in [0.717, 1.165) is 18.8 Å². The Labute approximate surface area is 104 Å². The van der Waals surface area contributed by atoms with Crippen LogP contribution in [0, 0.1) is 0 Å². The molecular formula is C14H24N2O. The SMILES string of the molecule is CCCN(Cc1ccco1)C1CCC(N)CC1. The van der Waals surface area contributed by atoms with E-state index in [1.54, 1.807) is 6.26 Å². The second kappa shape index (κ2) is 6.22. The average Bonchev–Trinajstić information content (AvgIpc) is 2.82. The van der Waals surface area contributed by atoms with Crippen molar-refractivity contribution in [2.24, 2.45) is 5.73 Å². The normalized spacial score (nSPS) is 25.4. The lowest BCUT2D eigenvalue weighted by molar-refractivity contribution is 0.132. The third-order valence-electron chi connectivity index (χ3n) is 3.71. The van der Waals surface area contributed by atoms with Crippen molar-refractivity contribution in [2.75, 3.05) is 6.54 Å². The molecule has 1 aliphatic rings. The monoisotopic (exact) mass is 236 g/mol. The van der Waals surface area contributed by atoms with E-state index in [-0.39, 0.29) is 0 Å². The molecule has 1 saturated carbocycles. The summed E-state index contributed by atoms with van der Waals surface area (Å²) < 4.78 is 5.46. The van der Waals surface area contributed by atoms with Crippen molar-refractivity contribution in [3.8, 4) is 0 Å². The third kappa shape index (κ3) is 3.58. The lowest BCUT2D eigenvalue weighted by Gasteiger charge is -2.35. The maximum atomic E-state index is 5.97. The third-order valence-corrected chi connectivity index (χ3v) is 3.71. The van der Waals surface area contributed by atoms with Gasteiger partial charge in [-0.3, -0.25) is 4.90 Å². The Morgan fingerprint density at radius 3 is 2.71 bits per heavy atom. The molecule has 1 heterocycles. The fourth-order valence-corrected chi connectivity index (χ4v) is 2.75. The first-order valence-electron chi connectivity index (χ1n) is 6.81. The first-order chi connectivity index (χ1) is 8.29. The van der Waals surface area contributed by atoms with E-state index in [1.165, 1.54) is 32.1 Å². The molecule has 0 aromatic carbocycles. The molecule has 2 N–H and O–H groups in total.